The maximum Gasteiger partial charge on any atom is 0.261 e. The van der Waals surface area contributed by atoms with Crippen LogP contribution in [0.5, 0.6) is 0 Å². The average molecular weight is 375 g/mol. The molecule has 1 N–H and O–H groups in total. The van der Waals surface area contributed by atoms with Gasteiger partial charge >= 0.3 is 0 Å². The number of carbonyl (C=O) groups excluding carboxylic acids is 1. The molecule has 0 spiro atoms. The number of hydrogen-bond donors (Lipinski definition) is 1. The largest absolute Gasteiger partial charge is 0.342 e. The Morgan fingerprint density at radius 3 is 2.54 bits per heavy atom. The molecule has 2 aromatic carbocycles. The normalized spacial score (nSPS) is 11.2. The van der Waals surface area contributed by atoms with E-state index in [4.69, 9.17) is 0 Å². The van der Waals surface area contributed by atoms with Crippen LogP contribution in [0.15, 0.2) is 47.4 Å². The molecule has 0 saturated carbocycles. The van der Waals surface area contributed by atoms with Crippen LogP contribution in [0.4, 0.5) is 5.69 Å². The molecule has 0 aliphatic carbocycles. The first-order chi connectivity index (χ1) is 12.2. The molecule has 2 aromatic rings. The lowest BCUT2D eigenvalue weighted by molar-refractivity contribution is 0.0793. The third-order valence-electron chi connectivity index (χ3n) is 4.22. The summed E-state index contributed by atoms with van der Waals surface area (Å²) in [6.45, 7) is 6.46. The lowest BCUT2D eigenvalue weighted by atomic mass is 10.1. The van der Waals surface area contributed by atoms with Gasteiger partial charge in [0.15, 0.2) is 0 Å². The molecule has 0 radical (unpaired) electrons. The average Bonchev–Trinajstić information content (AvgIpc) is 2.62. The molecule has 0 atom stereocenters. The zero-order chi connectivity index (χ0) is 19.3. The highest BCUT2D eigenvalue weighted by atomic mass is 32.2. The number of rotatable bonds is 7. The molecular formula is C20H26N2O3S. The van der Waals surface area contributed by atoms with Crippen LogP contribution in [0.3, 0.4) is 0 Å². The van der Waals surface area contributed by atoms with E-state index in [0.29, 0.717) is 17.8 Å². The van der Waals surface area contributed by atoms with Gasteiger partial charge in [-0.3, -0.25) is 9.52 Å². The summed E-state index contributed by atoms with van der Waals surface area (Å²) in [5, 5.41) is 0. The maximum absolute atomic E-state index is 12.7. The Balaban J connectivity index is 2.28. The molecule has 1 amide bonds. The number of hydrogen-bond acceptors (Lipinski definition) is 3. The summed E-state index contributed by atoms with van der Waals surface area (Å²) in [4.78, 5) is 14.2. The Kier molecular flexibility index (Phi) is 6.42. The molecule has 0 fully saturated rings. The van der Waals surface area contributed by atoms with Gasteiger partial charge in [0.25, 0.3) is 15.9 Å². The number of sulfonamides is 1. The van der Waals surface area contributed by atoms with Gasteiger partial charge in [0.2, 0.25) is 0 Å². The van der Waals surface area contributed by atoms with Crippen molar-refractivity contribution in [2.24, 2.45) is 0 Å². The van der Waals surface area contributed by atoms with Gasteiger partial charge in [0.1, 0.15) is 0 Å². The van der Waals surface area contributed by atoms with Gasteiger partial charge in [-0.05, 0) is 55.7 Å². The summed E-state index contributed by atoms with van der Waals surface area (Å²) >= 11 is 0. The fourth-order valence-corrected chi connectivity index (χ4v) is 3.73. The van der Waals surface area contributed by atoms with Gasteiger partial charge in [-0.1, -0.05) is 31.5 Å². The van der Waals surface area contributed by atoms with Crippen molar-refractivity contribution in [3.05, 3.63) is 59.2 Å². The van der Waals surface area contributed by atoms with Crippen LogP contribution in [0.1, 0.15) is 41.3 Å². The summed E-state index contributed by atoms with van der Waals surface area (Å²) in [5.41, 5.74) is 2.72. The predicted octanol–water partition coefficient (Wildman–Crippen LogP) is 3.98. The fourth-order valence-electron chi connectivity index (χ4n) is 2.56. The van der Waals surface area contributed by atoms with Crippen LogP contribution in [0, 0.1) is 13.8 Å². The fraction of sp³-hybridized carbons (Fsp3) is 0.350. The Morgan fingerprint density at radius 1 is 1.12 bits per heavy atom. The van der Waals surface area contributed by atoms with Gasteiger partial charge < -0.3 is 4.90 Å². The van der Waals surface area contributed by atoms with Gasteiger partial charge in [-0.25, -0.2) is 8.42 Å². The molecule has 0 aromatic heterocycles. The highest BCUT2D eigenvalue weighted by molar-refractivity contribution is 7.92. The first-order valence-corrected chi connectivity index (χ1v) is 10.2. The van der Waals surface area contributed by atoms with Gasteiger partial charge in [-0.15, -0.1) is 0 Å². The van der Waals surface area contributed by atoms with Crippen molar-refractivity contribution in [3.8, 4) is 0 Å². The minimum Gasteiger partial charge on any atom is -0.342 e. The minimum atomic E-state index is -3.77. The van der Waals surface area contributed by atoms with Gasteiger partial charge in [-0.2, -0.15) is 0 Å². The number of unbranched alkanes of at least 4 members (excludes halogenated alkanes) is 1. The molecule has 0 bridgehead atoms. The number of amides is 1. The van der Waals surface area contributed by atoms with Crippen molar-refractivity contribution in [1.29, 1.82) is 0 Å². The van der Waals surface area contributed by atoms with Crippen LogP contribution in [0.2, 0.25) is 0 Å². The molecule has 0 heterocycles. The van der Waals surface area contributed by atoms with Crippen molar-refractivity contribution in [2.45, 2.75) is 38.5 Å². The lowest BCUT2D eigenvalue weighted by Gasteiger charge is -2.17. The third kappa shape index (κ3) is 4.85. The van der Waals surface area contributed by atoms with Crippen LogP contribution in [0.25, 0.3) is 0 Å². The number of benzene rings is 2. The van der Waals surface area contributed by atoms with Gasteiger partial charge in [0, 0.05) is 19.2 Å². The molecule has 0 aliphatic rings. The van der Waals surface area contributed by atoms with Crippen LogP contribution < -0.4 is 4.72 Å². The third-order valence-corrected chi connectivity index (χ3v) is 5.59. The summed E-state index contributed by atoms with van der Waals surface area (Å²) < 4.78 is 28.1. The predicted molar refractivity (Wildman–Crippen MR) is 105 cm³/mol. The van der Waals surface area contributed by atoms with Crippen molar-refractivity contribution < 1.29 is 13.2 Å². The standard InChI is InChI=1S/C20H26N2O3S/c1-5-6-12-22(4)20(23)17-8-7-9-18(14-17)26(24,25)21-19-13-15(2)10-11-16(19)3/h7-11,13-14,21H,5-6,12H2,1-4H3. The zero-order valence-electron chi connectivity index (χ0n) is 15.7. The SMILES string of the molecule is CCCCN(C)C(=O)c1cccc(S(=O)(=O)Nc2cc(C)ccc2C)c1. The second kappa shape index (κ2) is 8.36. The Morgan fingerprint density at radius 2 is 1.85 bits per heavy atom. The lowest BCUT2D eigenvalue weighted by Crippen LogP contribution is -2.28. The Bertz CT molecular complexity index is 892. The summed E-state index contributed by atoms with van der Waals surface area (Å²) in [6.07, 6.45) is 1.90. The van der Waals surface area contributed by atoms with Crippen LogP contribution >= 0.6 is 0 Å². The van der Waals surface area contributed by atoms with E-state index in [1.807, 2.05) is 26.0 Å². The molecule has 0 saturated heterocycles. The van der Waals surface area contributed by atoms with Crippen molar-refractivity contribution >= 4 is 21.6 Å². The number of aryl methyl sites for hydroxylation is 2. The number of nitrogens with zero attached hydrogens (tertiary/aromatic N) is 1. The van der Waals surface area contributed by atoms with Crippen LogP contribution in [-0.4, -0.2) is 32.8 Å². The zero-order valence-corrected chi connectivity index (χ0v) is 16.6. The second-order valence-corrected chi connectivity index (χ2v) is 8.21. The van der Waals surface area contributed by atoms with E-state index in [1.165, 1.54) is 12.1 Å². The molecule has 0 aliphatic heterocycles. The second-order valence-electron chi connectivity index (χ2n) is 6.53. The highest BCUT2D eigenvalue weighted by Crippen LogP contribution is 2.22. The minimum absolute atomic E-state index is 0.0770. The first-order valence-electron chi connectivity index (χ1n) is 8.70. The van der Waals surface area contributed by atoms with Crippen molar-refractivity contribution in [1.82, 2.24) is 4.90 Å². The highest BCUT2D eigenvalue weighted by Gasteiger charge is 2.19. The van der Waals surface area contributed by atoms with E-state index in [2.05, 4.69) is 11.6 Å². The smallest absolute Gasteiger partial charge is 0.261 e. The monoisotopic (exact) mass is 374 g/mol. The molecule has 2 rings (SSSR count). The van der Waals surface area contributed by atoms with E-state index in [-0.39, 0.29) is 10.8 Å². The summed E-state index contributed by atoms with van der Waals surface area (Å²) in [7, 11) is -2.04. The van der Waals surface area contributed by atoms with Crippen molar-refractivity contribution in [3.63, 3.8) is 0 Å². The van der Waals surface area contributed by atoms with E-state index < -0.39 is 10.0 Å². The molecule has 26 heavy (non-hydrogen) atoms. The van der Waals surface area contributed by atoms with E-state index in [0.717, 1.165) is 24.0 Å². The number of nitrogens with one attached hydrogen (secondary N) is 1. The molecule has 0 unspecified atom stereocenters. The maximum atomic E-state index is 12.7. The molecule has 6 heteroatoms. The Hall–Kier alpha value is -2.34. The quantitative estimate of drug-likeness (QED) is 0.797. The van der Waals surface area contributed by atoms with Crippen molar-refractivity contribution in [2.75, 3.05) is 18.3 Å². The van der Waals surface area contributed by atoms with Gasteiger partial charge in [0.05, 0.1) is 10.6 Å². The molecule has 140 valence electrons. The summed E-state index contributed by atoms with van der Waals surface area (Å²) in [6, 6.07) is 11.8. The molecular weight excluding hydrogens is 348 g/mol. The van der Waals surface area contributed by atoms with Crippen LogP contribution in [-0.2, 0) is 10.0 Å². The number of anilines is 1. The first kappa shape index (κ1) is 20.0. The van der Waals surface area contributed by atoms with E-state index >= 15 is 0 Å². The Labute approximate surface area is 156 Å². The summed E-state index contributed by atoms with van der Waals surface area (Å²) in [5.74, 6) is -0.178. The van der Waals surface area contributed by atoms with E-state index in [9.17, 15) is 13.2 Å². The number of carbonyl (C=O) groups is 1. The van der Waals surface area contributed by atoms with E-state index in [1.54, 1.807) is 30.1 Å². The topological polar surface area (TPSA) is 66.5 Å². The molecule has 5 nitrogen and oxygen atoms in total.